The Hall–Kier alpha value is -6.84. The third-order valence-corrected chi connectivity index (χ3v) is 7.69. The Labute approximate surface area is 340 Å². The van der Waals surface area contributed by atoms with Crippen molar-refractivity contribution in [3.63, 3.8) is 0 Å². The van der Waals surface area contributed by atoms with Crippen LogP contribution in [0.25, 0.3) is 71.7 Å². The maximum Gasteiger partial charge on any atom is 0.143 e. The van der Waals surface area contributed by atoms with Gasteiger partial charge in [-0.2, -0.15) is 0 Å². The van der Waals surface area contributed by atoms with Crippen LogP contribution in [0.3, 0.4) is 0 Å². The minimum absolute atomic E-state index is 0.328. The zero-order valence-electron chi connectivity index (χ0n) is 57.3. The molecule has 51 heavy (non-hydrogen) atoms. The highest BCUT2D eigenvalue weighted by Crippen LogP contribution is 2.44. The number of para-hydroxylation sites is 4. The molecule has 3 nitrogen and oxygen atoms in total. The second-order valence-corrected chi connectivity index (χ2v) is 10.5. The Morgan fingerprint density at radius 2 is 0.941 bits per heavy atom. The molecule has 0 saturated carbocycles. The van der Waals surface area contributed by atoms with Gasteiger partial charge in [0.25, 0.3) is 0 Å². The lowest BCUT2D eigenvalue weighted by Crippen LogP contribution is -2.10. The Bertz CT molecular complexity index is 4520. The molecule has 0 amide bonds. The lowest BCUT2D eigenvalue weighted by Gasteiger charge is -2.26. The zero-order valence-corrected chi connectivity index (χ0v) is 25.3. The lowest BCUT2D eigenvalue weighted by molar-refractivity contribution is 0.670. The Balaban J connectivity index is 1.44. The van der Waals surface area contributed by atoms with Crippen molar-refractivity contribution in [3.8, 4) is 27.9 Å². The van der Waals surface area contributed by atoms with E-state index < -0.39 is 282 Å². The minimum atomic E-state index is -1.29. The molecule has 0 fully saturated rings. The van der Waals surface area contributed by atoms with Crippen LogP contribution in [0, 0.1) is 0 Å². The summed E-state index contributed by atoms with van der Waals surface area (Å²) in [5.41, 5.74) is -11.1. The van der Waals surface area contributed by atoms with Gasteiger partial charge in [0.15, 0.2) is 0 Å². The summed E-state index contributed by atoms with van der Waals surface area (Å²) in [6, 6.07) is -33.4. The van der Waals surface area contributed by atoms with E-state index in [-0.39, 0.29) is 0 Å². The van der Waals surface area contributed by atoms with Crippen LogP contribution in [0.4, 0.5) is 17.1 Å². The normalized spacial score (nSPS) is 20.3. The topological polar surface area (TPSA) is 21.3 Å². The average molecular weight is 685 g/mol. The van der Waals surface area contributed by atoms with E-state index in [1.54, 1.807) is 0 Å². The fourth-order valence-corrected chi connectivity index (χ4v) is 5.52. The summed E-state index contributed by atoms with van der Waals surface area (Å²) in [5, 5.41) is -2.51. The van der Waals surface area contributed by atoms with Crippen molar-refractivity contribution in [2.24, 2.45) is 0 Å². The number of furan rings is 1. The van der Waals surface area contributed by atoms with Gasteiger partial charge in [0.05, 0.1) is 54.9 Å². The van der Waals surface area contributed by atoms with E-state index >= 15 is 0 Å². The number of fused-ring (bicyclic) bond motifs is 6. The molecule has 0 spiro atoms. The molecule has 0 aliphatic heterocycles. The molecule has 10 aromatic rings. The molecule has 0 bridgehead atoms. The largest absolute Gasteiger partial charge is 0.455 e. The molecule has 0 aliphatic rings. The molecule has 0 unspecified atom stereocenters. The molecule has 2 aromatic heterocycles. The highest BCUT2D eigenvalue weighted by molar-refractivity contribution is 6.12. The van der Waals surface area contributed by atoms with Crippen molar-refractivity contribution in [2.45, 2.75) is 0 Å². The van der Waals surface area contributed by atoms with Crippen molar-refractivity contribution >= 4 is 60.8 Å². The van der Waals surface area contributed by atoms with E-state index in [1.807, 2.05) is 0 Å². The Morgan fingerprint density at radius 3 is 1.63 bits per heavy atom. The van der Waals surface area contributed by atoms with Crippen molar-refractivity contribution in [1.82, 2.24) is 4.57 Å². The number of benzene rings is 8. The van der Waals surface area contributed by atoms with Crippen molar-refractivity contribution < 1.29 is 48.3 Å². The maximum atomic E-state index is 10.1. The van der Waals surface area contributed by atoms with Crippen LogP contribution in [-0.4, -0.2) is 4.57 Å². The highest BCUT2D eigenvalue weighted by Gasteiger charge is 2.20. The van der Waals surface area contributed by atoms with Gasteiger partial charge in [0, 0.05) is 49.9 Å². The predicted octanol–water partition coefficient (Wildman–Crippen LogP) is 13.5. The maximum absolute atomic E-state index is 10.1. The fourth-order valence-electron chi connectivity index (χ4n) is 5.52. The number of aromatic nitrogens is 1. The number of rotatable bonds is 6. The van der Waals surface area contributed by atoms with Crippen LogP contribution < -0.4 is 4.90 Å². The van der Waals surface area contributed by atoms with Crippen molar-refractivity contribution in [3.05, 3.63) is 193 Å². The quantitative estimate of drug-likeness (QED) is 0.174. The first-order valence-electron chi connectivity index (χ1n) is 30.7. The standard InChI is InChI=1S/C48H32N2O/c1-3-13-33(14-4-1)34-23-27-37(28-24-34)49(36-15-5-2-6-16-36)39-31-43(48-44(32-39)42-19-9-12-22-47(42)51-48)35-25-29-38(30-26-35)50-45-20-10-7-17-40(45)41-18-8-11-21-46(41)50/h1-32H/i1D,2D,3D,4D,5D,6D,7D,8D,9D,10D,11D,12D,13D,14D,15D,16D,17D,18D,19D,20D,21D,22D,23D,24D,25D,26D,27D,28D,29D,30D,31D,32D. The summed E-state index contributed by atoms with van der Waals surface area (Å²) in [6.07, 6.45) is 0. The summed E-state index contributed by atoms with van der Waals surface area (Å²) in [6.45, 7) is 0. The van der Waals surface area contributed by atoms with E-state index in [0.717, 1.165) is 0 Å². The van der Waals surface area contributed by atoms with Crippen LogP contribution in [0.1, 0.15) is 43.9 Å². The van der Waals surface area contributed by atoms with Gasteiger partial charge in [-0.15, -0.1) is 0 Å². The molecule has 0 radical (unpaired) electrons. The molecule has 3 heteroatoms. The Kier molecular flexibility index (Phi) is 2.66. The van der Waals surface area contributed by atoms with E-state index in [9.17, 15) is 16.4 Å². The molecule has 8 aromatic carbocycles. The van der Waals surface area contributed by atoms with Crippen LogP contribution in [0.5, 0.6) is 0 Å². The van der Waals surface area contributed by atoms with Crippen LogP contribution in [-0.2, 0) is 0 Å². The molecular weight excluding hydrogens is 621 g/mol. The molecule has 10 rings (SSSR count). The van der Waals surface area contributed by atoms with Gasteiger partial charge in [-0.1, -0.05) is 127 Å². The molecule has 2 heterocycles. The minimum Gasteiger partial charge on any atom is -0.455 e. The first-order chi connectivity index (χ1) is 38.6. The summed E-state index contributed by atoms with van der Waals surface area (Å²) >= 11 is 0. The molecule has 0 aliphatic carbocycles. The van der Waals surface area contributed by atoms with Crippen LogP contribution in [0.2, 0.25) is 0 Å². The van der Waals surface area contributed by atoms with Gasteiger partial charge in [0.1, 0.15) is 11.2 Å². The van der Waals surface area contributed by atoms with E-state index in [0.29, 0.717) is 9.47 Å². The first kappa shape index (κ1) is 11.3. The SMILES string of the molecule is [2H]c1c([2H])c([2H])c(-c2c([2H])c([2H])c(N(c3c([2H])c([2H])c([2H])c([2H])c3[2H])c3c([2H])c(-c4c([2H])c([2H])c(-n5c6c([2H])c([2H])c([2H])c([2H])c6c6c([2H])c([2H])c([2H])c([2H])c65)c([2H])c4[2H])c4oc5c([2H])c([2H])c([2H])c([2H])c5c4c3[2H])c([2H])c2[2H])c([2H])c1[2H]. The Morgan fingerprint density at radius 1 is 0.412 bits per heavy atom. The monoisotopic (exact) mass is 684 g/mol. The van der Waals surface area contributed by atoms with Gasteiger partial charge in [-0.05, 0) is 83.2 Å². The van der Waals surface area contributed by atoms with E-state index in [4.69, 9.17) is 31.8 Å². The molecule has 0 N–H and O–H groups in total. The number of hydrogen-bond donors (Lipinski definition) is 0. The number of anilines is 3. The number of nitrogens with zero attached hydrogens (tertiary/aromatic N) is 2. The molecule has 0 atom stereocenters. The molecule has 0 saturated heterocycles. The number of hydrogen-bond acceptors (Lipinski definition) is 2. The van der Waals surface area contributed by atoms with E-state index in [2.05, 4.69) is 0 Å². The van der Waals surface area contributed by atoms with Crippen molar-refractivity contribution in [2.75, 3.05) is 4.90 Å². The summed E-state index contributed by atoms with van der Waals surface area (Å²) in [7, 11) is 0. The lowest BCUT2D eigenvalue weighted by atomic mass is 9.99. The second-order valence-electron chi connectivity index (χ2n) is 10.5. The van der Waals surface area contributed by atoms with Crippen LogP contribution in [0.15, 0.2) is 198 Å². The average Bonchev–Trinajstić information content (AvgIpc) is 1.75. The van der Waals surface area contributed by atoms with Crippen LogP contribution >= 0.6 is 0 Å². The highest BCUT2D eigenvalue weighted by atomic mass is 16.3. The first-order valence-corrected chi connectivity index (χ1v) is 14.7. The predicted molar refractivity (Wildman–Crippen MR) is 214 cm³/mol. The molecular formula is C48H32N2O. The van der Waals surface area contributed by atoms with Gasteiger partial charge < -0.3 is 13.9 Å². The third kappa shape index (κ3) is 4.90. The van der Waals surface area contributed by atoms with Gasteiger partial charge in [-0.25, -0.2) is 0 Å². The summed E-state index contributed by atoms with van der Waals surface area (Å²) in [4.78, 5) is 0.328. The van der Waals surface area contributed by atoms with Gasteiger partial charge >= 0.3 is 0 Å². The van der Waals surface area contributed by atoms with Gasteiger partial charge in [-0.3, -0.25) is 0 Å². The van der Waals surface area contributed by atoms with E-state index in [1.165, 1.54) is 0 Å². The smallest absolute Gasteiger partial charge is 0.143 e. The zero-order chi connectivity index (χ0) is 61.6. The fraction of sp³-hybridized carbons (Fsp3) is 0. The third-order valence-electron chi connectivity index (χ3n) is 7.69. The second kappa shape index (κ2) is 11.9. The van der Waals surface area contributed by atoms with Crippen molar-refractivity contribution in [1.29, 1.82) is 0 Å². The summed E-state index contributed by atoms with van der Waals surface area (Å²) < 4.78 is 294. The van der Waals surface area contributed by atoms with Gasteiger partial charge in [0.2, 0.25) is 0 Å². The summed E-state index contributed by atoms with van der Waals surface area (Å²) in [5.74, 6) is 0. The molecule has 240 valence electrons.